The summed E-state index contributed by atoms with van der Waals surface area (Å²) in [6.07, 6.45) is 0.768. The molecule has 1 N–H and O–H groups in total. The third-order valence-corrected chi connectivity index (χ3v) is 5.69. The Morgan fingerprint density at radius 2 is 1.79 bits per heavy atom. The van der Waals surface area contributed by atoms with E-state index < -0.39 is 17.3 Å². The smallest absolute Gasteiger partial charge is 0.380 e. The van der Waals surface area contributed by atoms with Gasteiger partial charge in [-0.1, -0.05) is 55.0 Å². The molecule has 2 aromatic rings. The Morgan fingerprint density at radius 1 is 1.07 bits per heavy atom. The van der Waals surface area contributed by atoms with Gasteiger partial charge in [0.1, 0.15) is 5.60 Å². The summed E-state index contributed by atoms with van der Waals surface area (Å²) in [5, 5.41) is 12.1. The van der Waals surface area contributed by atoms with Crippen molar-refractivity contribution in [1.82, 2.24) is 4.90 Å². The number of halogens is 3. The molecular weight excluding hydrogens is 375 g/mol. The van der Waals surface area contributed by atoms with Gasteiger partial charge in [-0.05, 0) is 62.2 Å². The number of aliphatic hydroxyl groups is 1. The standard InChI is InChI=1S/C24H28F3NO/c1-28(2)17-22-12-7-6-11-19(15-18-9-4-3-5-10-18)23(22,29)20-13-8-14-21(16-20)24(25,26)27/h3-5,8-10,13-16,22,29H,6-7,11-12,17H2,1-2H3. The average molecular weight is 403 g/mol. The van der Waals surface area contributed by atoms with Crippen LogP contribution in [0.3, 0.4) is 0 Å². The van der Waals surface area contributed by atoms with Crippen LogP contribution in [0.4, 0.5) is 13.2 Å². The Kier molecular flexibility index (Phi) is 6.49. The highest BCUT2D eigenvalue weighted by Gasteiger charge is 2.44. The molecule has 0 saturated heterocycles. The van der Waals surface area contributed by atoms with E-state index in [1.165, 1.54) is 6.07 Å². The molecule has 156 valence electrons. The molecule has 2 nitrogen and oxygen atoms in total. The number of rotatable bonds is 4. The molecule has 0 radical (unpaired) electrons. The minimum absolute atomic E-state index is 0.196. The Labute approximate surface area is 170 Å². The number of hydrogen-bond donors (Lipinski definition) is 1. The van der Waals surface area contributed by atoms with Crippen molar-refractivity contribution in [3.8, 4) is 0 Å². The summed E-state index contributed by atoms with van der Waals surface area (Å²) in [7, 11) is 3.86. The minimum Gasteiger partial charge on any atom is -0.380 e. The van der Waals surface area contributed by atoms with E-state index in [4.69, 9.17) is 0 Å². The molecule has 0 heterocycles. The fraction of sp³-hybridized carbons (Fsp3) is 0.417. The summed E-state index contributed by atoms with van der Waals surface area (Å²) in [5.41, 5.74) is -0.123. The number of hydrogen-bond acceptors (Lipinski definition) is 2. The number of nitrogens with zero attached hydrogens (tertiary/aromatic N) is 1. The van der Waals surface area contributed by atoms with Gasteiger partial charge in [0.25, 0.3) is 0 Å². The molecular formula is C24H28F3NO. The maximum atomic E-state index is 13.4. The molecule has 0 aliphatic heterocycles. The maximum Gasteiger partial charge on any atom is 0.416 e. The lowest BCUT2D eigenvalue weighted by Gasteiger charge is -2.39. The molecule has 0 spiro atoms. The maximum absolute atomic E-state index is 13.4. The zero-order chi connectivity index (χ0) is 21.1. The molecule has 2 unspecified atom stereocenters. The highest BCUT2D eigenvalue weighted by molar-refractivity contribution is 5.57. The second-order valence-electron chi connectivity index (χ2n) is 8.13. The van der Waals surface area contributed by atoms with Gasteiger partial charge in [0, 0.05) is 12.5 Å². The van der Waals surface area contributed by atoms with Crippen molar-refractivity contribution in [2.24, 2.45) is 5.92 Å². The lowest BCUT2D eigenvalue weighted by atomic mass is 9.73. The average Bonchev–Trinajstić information content (AvgIpc) is 2.82. The van der Waals surface area contributed by atoms with Crippen LogP contribution in [0.25, 0.3) is 6.08 Å². The largest absolute Gasteiger partial charge is 0.416 e. The lowest BCUT2D eigenvalue weighted by Crippen LogP contribution is -2.41. The van der Waals surface area contributed by atoms with Gasteiger partial charge in [-0.3, -0.25) is 0 Å². The summed E-state index contributed by atoms with van der Waals surface area (Å²) < 4.78 is 40.2. The second-order valence-corrected chi connectivity index (χ2v) is 8.13. The van der Waals surface area contributed by atoms with E-state index in [-0.39, 0.29) is 5.92 Å². The fourth-order valence-electron chi connectivity index (χ4n) is 4.32. The molecule has 1 aliphatic rings. The topological polar surface area (TPSA) is 23.5 Å². The lowest BCUT2D eigenvalue weighted by molar-refractivity contribution is -0.137. The number of alkyl halides is 3. The van der Waals surface area contributed by atoms with E-state index in [0.717, 1.165) is 42.5 Å². The molecule has 0 aromatic heterocycles. The van der Waals surface area contributed by atoms with Gasteiger partial charge in [-0.2, -0.15) is 13.2 Å². The Hall–Kier alpha value is -2.11. The van der Waals surface area contributed by atoms with Crippen LogP contribution in [0.5, 0.6) is 0 Å². The van der Waals surface area contributed by atoms with Crippen molar-refractivity contribution in [3.05, 3.63) is 76.9 Å². The summed E-state index contributed by atoms with van der Waals surface area (Å²) in [4.78, 5) is 1.99. The first-order chi connectivity index (χ1) is 13.7. The van der Waals surface area contributed by atoms with Crippen LogP contribution in [0, 0.1) is 5.92 Å². The molecule has 3 rings (SSSR count). The molecule has 2 atom stereocenters. The van der Waals surface area contributed by atoms with E-state index in [2.05, 4.69) is 0 Å². The van der Waals surface area contributed by atoms with Crippen molar-refractivity contribution in [3.63, 3.8) is 0 Å². The number of benzene rings is 2. The first-order valence-corrected chi connectivity index (χ1v) is 10.0. The van der Waals surface area contributed by atoms with E-state index in [0.29, 0.717) is 18.5 Å². The normalized spacial score (nSPS) is 24.7. The van der Waals surface area contributed by atoms with Crippen LogP contribution in [-0.2, 0) is 11.8 Å². The Bertz CT molecular complexity index is 845. The van der Waals surface area contributed by atoms with Gasteiger partial charge in [0.05, 0.1) is 5.56 Å². The van der Waals surface area contributed by atoms with Crippen molar-refractivity contribution in [2.75, 3.05) is 20.6 Å². The van der Waals surface area contributed by atoms with Gasteiger partial charge in [-0.15, -0.1) is 0 Å². The van der Waals surface area contributed by atoms with Crippen molar-refractivity contribution in [1.29, 1.82) is 0 Å². The fourth-order valence-corrected chi connectivity index (χ4v) is 4.32. The van der Waals surface area contributed by atoms with Crippen LogP contribution >= 0.6 is 0 Å². The predicted molar refractivity (Wildman–Crippen MR) is 110 cm³/mol. The van der Waals surface area contributed by atoms with Crippen molar-refractivity contribution < 1.29 is 18.3 Å². The van der Waals surface area contributed by atoms with Gasteiger partial charge in [0.2, 0.25) is 0 Å². The molecule has 0 bridgehead atoms. The van der Waals surface area contributed by atoms with E-state index >= 15 is 0 Å². The van der Waals surface area contributed by atoms with Crippen LogP contribution in [0.2, 0.25) is 0 Å². The van der Waals surface area contributed by atoms with Crippen LogP contribution in [-0.4, -0.2) is 30.6 Å². The molecule has 1 aliphatic carbocycles. The first-order valence-electron chi connectivity index (χ1n) is 10.0. The Balaban J connectivity index is 2.17. The molecule has 1 saturated carbocycles. The van der Waals surface area contributed by atoms with E-state index in [9.17, 15) is 18.3 Å². The third-order valence-electron chi connectivity index (χ3n) is 5.69. The SMILES string of the molecule is CN(C)CC1CCCCC(=Cc2ccccc2)C1(O)c1cccc(C(F)(F)F)c1. The van der Waals surface area contributed by atoms with Gasteiger partial charge < -0.3 is 10.0 Å². The first kappa shape index (κ1) is 21.6. The summed E-state index contributed by atoms with van der Waals surface area (Å²) in [6.45, 7) is 0.596. The minimum atomic E-state index is -4.45. The molecule has 0 amide bonds. The van der Waals surface area contributed by atoms with Crippen molar-refractivity contribution in [2.45, 2.75) is 37.5 Å². The summed E-state index contributed by atoms with van der Waals surface area (Å²) >= 11 is 0. The van der Waals surface area contributed by atoms with Crippen LogP contribution in [0.1, 0.15) is 42.4 Å². The van der Waals surface area contributed by atoms with Crippen molar-refractivity contribution >= 4 is 6.08 Å². The van der Waals surface area contributed by atoms with Gasteiger partial charge in [-0.25, -0.2) is 0 Å². The third kappa shape index (κ3) is 4.90. The van der Waals surface area contributed by atoms with Gasteiger partial charge in [0.15, 0.2) is 0 Å². The monoisotopic (exact) mass is 403 g/mol. The summed E-state index contributed by atoms with van der Waals surface area (Å²) in [6, 6.07) is 14.9. The van der Waals surface area contributed by atoms with Crippen LogP contribution < -0.4 is 0 Å². The highest BCUT2D eigenvalue weighted by atomic mass is 19.4. The predicted octanol–water partition coefficient (Wildman–Crippen LogP) is 5.73. The Morgan fingerprint density at radius 3 is 2.45 bits per heavy atom. The second kappa shape index (κ2) is 8.72. The molecule has 29 heavy (non-hydrogen) atoms. The van der Waals surface area contributed by atoms with Gasteiger partial charge >= 0.3 is 6.18 Å². The molecule has 2 aromatic carbocycles. The van der Waals surface area contributed by atoms with E-state index in [1.807, 2.05) is 55.4 Å². The van der Waals surface area contributed by atoms with Crippen LogP contribution in [0.15, 0.2) is 60.2 Å². The highest BCUT2D eigenvalue weighted by Crippen LogP contribution is 2.46. The molecule has 5 heteroatoms. The summed E-state index contributed by atoms with van der Waals surface area (Å²) in [5.74, 6) is -0.196. The zero-order valence-electron chi connectivity index (χ0n) is 16.9. The molecule has 1 fully saturated rings. The quantitative estimate of drug-likeness (QED) is 0.659. The zero-order valence-corrected chi connectivity index (χ0v) is 16.9. The van der Waals surface area contributed by atoms with E-state index in [1.54, 1.807) is 6.07 Å².